The molecule has 1 aliphatic heterocycles. The minimum absolute atomic E-state index is 0. The molecule has 0 spiro atoms. The second-order valence-electron chi connectivity index (χ2n) is 9.01. The average Bonchev–Trinajstić information content (AvgIpc) is 2.69. The quantitative estimate of drug-likeness (QED) is 0.730. The maximum Gasteiger partial charge on any atom is 0.0728 e. The monoisotopic (exact) mass is 438 g/mol. The van der Waals surface area contributed by atoms with Gasteiger partial charge in [0.1, 0.15) is 0 Å². The Kier molecular flexibility index (Phi) is 8.81. The van der Waals surface area contributed by atoms with E-state index in [-0.39, 0.29) is 30.7 Å². The van der Waals surface area contributed by atoms with Gasteiger partial charge in [0.25, 0.3) is 0 Å². The Morgan fingerprint density at radius 3 is 2.28 bits per heavy atom. The zero-order valence-corrected chi connectivity index (χ0v) is 19.4. The lowest BCUT2D eigenvalue weighted by molar-refractivity contribution is -0.0420. The largest absolute Gasteiger partial charge is 0.389 e. The van der Waals surface area contributed by atoms with E-state index in [0.717, 1.165) is 64.3 Å². The number of halogens is 2. The molecule has 1 aliphatic carbocycles. The van der Waals surface area contributed by atoms with Crippen LogP contribution in [-0.4, -0.2) is 60.3 Å². The van der Waals surface area contributed by atoms with Crippen LogP contribution in [0.3, 0.4) is 0 Å². The van der Waals surface area contributed by atoms with E-state index in [2.05, 4.69) is 66.2 Å². The fourth-order valence-corrected chi connectivity index (χ4v) is 5.01. The van der Waals surface area contributed by atoms with Crippen LogP contribution in [0.2, 0.25) is 0 Å². The zero-order valence-electron chi connectivity index (χ0n) is 17.7. The maximum atomic E-state index is 11.8. The summed E-state index contributed by atoms with van der Waals surface area (Å²) in [5.41, 5.74) is 0.754. The van der Waals surface area contributed by atoms with Crippen molar-refractivity contribution in [3.8, 4) is 0 Å². The van der Waals surface area contributed by atoms with Crippen LogP contribution < -0.4 is 0 Å². The number of likely N-dealkylation sites (N-methyl/N-ethyl adjacent to an activating group) is 1. The number of rotatable bonds is 4. The van der Waals surface area contributed by atoms with E-state index >= 15 is 0 Å². The van der Waals surface area contributed by atoms with E-state index < -0.39 is 5.60 Å². The zero-order chi connectivity index (χ0) is 18.9. The van der Waals surface area contributed by atoms with Gasteiger partial charge in [0.15, 0.2) is 0 Å². The second kappa shape index (κ2) is 10.5. The van der Waals surface area contributed by atoms with E-state index in [4.69, 9.17) is 0 Å². The van der Waals surface area contributed by atoms with E-state index in [1.165, 1.54) is 16.3 Å². The van der Waals surface area contributed by atoms with Crippen LogP contribution in [0.4, 0.5) is 0 Å². The molecule has 0 radical (unpaired) electrons. The number of hydrogen-bond acceptors (Lipinski definition) is 3. The molecule has 4 rings (SSSR count). The smallest absolute Gasteiger partial charge is 0.0728 e. The summed E-state index contributed by atoms with van der Waals surface area (Å²) in [4.78, 5) is 4.98. The Morgan fingerprint density at radius 1 is 0.966 bits per heavy atom. The summed E-state index contributed by atoms with van der Waals surface area (Å²) in [6.45, 7) is 7.74. The third kappa shape index (κ3) is 5.45. The summed E-state index contributed by atoms with van der Waals surface area (Å²) < 4.78 is 0. The third-order valence-electron chi connectivity index (χ3n) is 7.02. The van der Waals surface area contributed by atoms with Gasteiger partial charge in [0.05, 0.1) is 5.60 Å². The lowest BCUT2D eigenvalue weighted by Gasteiger charge is -2.44. The molecular formula is C24H36Cl2N2O. The molecule has 1 atom stereocenters. The lowest BCUT2D eigenvalue weighted by Crippen LogP contribution is -2.50. The number of hydrogen-bond donors (Lipinski definition) is 1. The van der Waals surface area contributed by atoms with Gasteiger partial charge in [-0.2, -0.15) is 0 Å². The normalized spacial score (nSPS) is 27.1. The number of aliphatic hydroxyl groups is 1. The van der Waals surface area contributed by atoms with Crippen LogP contribution in [0, 0.1) is 5.92 Å². The molecule has 1 unspecified atom stereocenters. The Labute approximate surface area is 188 Å². The predicted molar refractivity (Wildman–Crippen MR) is 128 cm³/mol. The molecule has 1 saturated heterocycles. The van der Waals surface area contributed by atoms with Crippen molar-refractivity contribution in [2.75, 3.05) is 39.8 Å². The van der Waals surface area contributed by atoms with E-state index in [0.29, 0.717) is 0 Å². The summed E-state index contributed by atoms with van der Waals surface area (Å²) in [5.74, 6) is 0.918. The van der Waals surface area contributed by atoms with Crippen molar-refractivity contribution in [1.29, 1.82) is 0 Å². The van der Waals surface area contributed by atoms with Gasteiger partial charge in [-0.15, -0.1) is 24.8 Å². The topological polar surface area (TPSA) is 26.7 Å². The first-order valence-corrected chi connectivity index (χ1v) is 10.7. The first-order valence-electron chi connectivity index (χ1n) is 10.7. The van der Waals surface area contributed by atoms with Gasteiger partial charge in [-0.3, -0.25) is 0 Å². The van der Waals surface area contributed by atoms with Crippen LogP contribution in [0.25, 0.3) is 10.8 Å². The Balaban J connectivity index is 0.00000150. The van der Waals surface area contributed by atoms with Gasteiger partial charge in [0.2, 0.25) is 0 Å². The molecule has 2 aliphatic rings. The highest BCUT2D eigenvalue weighted by Gasteiger charge is 2.41. The average molecular weight is 439 g/mol. The van der Waals surface area contributed by atoms with E-state index in [1.54, 1.807) is 0 Å². The van der Waals surface area contributed by atoms with Crippen molar-refractivity contribution >= 4 is 35.6 Å². The molecular weight excluding hydrogens is 403 g/mol. The van der Waals surface area contributed by atoms with Gasteiger partial charge in [-0.1, -0.05) is 49.4 Å². The summed E-state index contributed by atoms with van der Waals surface area (Å²) in [5, 5.41) is 14.4. The molecule has 5 heteroatoms. The number of fused-ring (bicyclic) bond motifs is 1. The molecule has 162 valence electrons. The van der Waals surface area contributed by atoms with Gasteiger partial charge in [0, 0.05) is 38.6 Å². The number of piperazine rings is 1. The summed E-state index contributed by atoms with van der Waals surface area (Å²) in [6, 6.07) is 15.3. The highest BCUT2D eigenvalue weighted by molar-refractivity contribution is 5.86. The number of benzene rings is 2. The molecule has 0 bridgehead atoms. The molecule has 29 heavy (non-hydrogen) atoms. The van der Waals surface area contributed by atoms with Gasteiger partial charge in [-0.05, 0) is 55.0 Å². The molecule has 1 saturated carbocycles. The first-order chi connectivity index (χ1) is 13.0. The van der Waals surface area contributed by atoms with E-state index in [9.17, 15) is 5.11 Å². The number of nitrogens with zero attached hydrogens (tertiary/aromatic N) is 2. The standard InChI is InChI=1S/C24H34N2O.2ClH/c1-19-10-12-24(27,13-11-19)23(18-26-16-14-25(2)15-17-26)22-9-5-7-20-6-3-4-8-21(20)22;;/h3-9,19,23,27H,10-18H2,1-2H3;2*1H. The first kappa shape index (κ1) is 24.4. The fraction of sp³-hybridized carbons (Fsp3) is 0.583. The SMILES string of the molecule is CC1CCC(O)(C(CN2CCN(C)CC2)c2cccc3ccccc23)CC1.Cl.Cl. The molecule has 3 nitrogen and oxygen atoms in total. The lowest BCUT2D eigenvalue weighted by atomic mass is 9.69. The molecule has 1 heterocycles. The van der Waals surface area contributed by atoms with Crippen molar-refractivity contribution in [2.45, 2.75) is 44.1 Å². The second-order valence-corrected chi connectivity index (χ2v) is 9.01. The van der Waals surface area contributed by atoms with Crippen LogP contribution >= 0.6 is 24.8 Å². The molecule has 0 amide bonds. The third-order valence-corrected chi connectivity index (χ3v) is 7.02. The van der Waals surface area contributed by atoms with Crippen LogP contribution in [0.15, 0.2) is 42.5 Å². The molecule has 2 aromatic rings. The van der Waals surface area contributed by atoms with Crippen molar-refractivity contribution in [3.63, 3.8) is 0 Å². The molecule has 1 N–H and O–H groups in total. The van der Waals surface area contributed by atoms with Crippen molar-refractivity contribution in [1.82, 2.24) is 9.80 Å². The Bertz CT molecular complexity index is 763. The van der Waals surface area contributed by atoms with E-state index in [1.807, 2.05) is 0 Å². The van der Waals surface area contributed by atoms with Crippen LogP contribution in [-0.2, 0) is 0 Å². The molecule has 2 fully saturated rings. The summed E-state index contributed by atoms with van der Waals surface area (Å²) >= 11 is 0. The highest BCUT2D eigenvalue weighted by Crippen LogP contribution is 2.44. The predicted octanol–water partition coefficient (Wildman–Crippen LogP) is 4.96. The highest BCUT2D eigenvalue weighted by atomic mass is 35.5. The van der Waals surface area contributed by atoms with Gasteiger partial charge >= 0.3 is 0 Å². The minimum Gasteiger partial charge on any atom is -0.389 e. The van der Waals surface area contributed by atoms with Crippen molar-refractivity contribution in [2.24, 2.45) is 5.92 Å². The fourth-order valence-electron chi connectivity index (χ4n) is 5.01. The maximum absolute atomic E-state index is 11.8. The van der Waals surface area contributed by atoms with Crippen molar-refractivity contribution < 1.29 is 5.11 Å². The summed E-state index contributed by atoms with van der Waals surface area (Å²) in [6.07, 6.45) is 4.13. The molecule has 0 aromatic heterocycles. The van der Waals surface area contributed by atoms with Gasteiger partial charge in [-0.25, -0.2) is 0 Å². The Morgan fingerprint density at radius 2 is 1.59 bits per heavy atom. The van der Waals surface area contributed by atoms with Crippen LogP contribution in [0.5, 0.6) is 0 Å². The van der Waals surface area contributed by atoms with Crippen LogP contribution in [0.1, 0.15) is 44.1 Å². The van der Waals surface area contributed by atoms with Gasteiger partial charge < -0.3 is 14.9 Å². The summed E-state index contributed by atoms with van der Waals surface area (Å²) in [7, 11) is 2.20. The minimum atomic E-state index is -0.583. The Hall–Kier alpha value is -0.840. The molecule has 2 aromatic carbocycles. The van der Waals surface area contributed by atoms with Crippen molar-refractivity contribution in [3.05, 3.63) is 48.0 Å².